The number of nitrogens with zero attached hydrogens (tertiary/aromatic N) is 4. The van der Waals surface area contributed by atoms with Crippen molar-refractivity contribution in [3.8, 4) is 51.0 Å². The van der Waals surface area contributed by atoms with Gasteiger partial charge in [-0.15, -0.1) is 0 Å². The molecule has 2 spiro atoms. The summed E-state index contributed by atoms with van der Waals surface area (Å²) in [4.78, 5) is 15.9. The van der Waals surface area contributed by atoms with E-state index in [1.165, 1.54) is 82.9 Å². The Bertz CT molecular complexity index is 3900. The highest BCUT2D eigenvalue weighted by Crippen LogP contribution is 2.67. The van der Waals surface area contributed by atoms with Gasteiger partial charge in [0.05, 0.1) is 21.9 Å². The molecule has 3 aliphatic rings. The summed E-state index contributed by atoms with van der Waals surface area (Å²) < 4.78 is 2.31. The zero-order chi connectivity index (χ0) is 43.8. The average Bonchev–Trinajstić information content (AvgIpc) is 4.00. The van der Waals surface area contributed by atoms with Crippen molar-refractivity contribution < 1.29 is 0 Å². The minimum Gasteiger partial charge on any atom is -0.278 e. The summed E-state index contributed by atoms with van der Waals surface area (Å²) in [7, 11) is 0. The van der Waals surface area contributed by atoms with Crippen molar-refractivity contribution >= 4 is 32.6 Å². The van der Waals surface area contributed by atoms with E-state index >= 15 is 0 Å². The van der Waals surface area contributed by atoms with Crippen LogP contribution in [0.15, 0.2) is 231 Å². The normalized spacial score (nSPS) is 14.2. The molecule has 0 fully saturated rings. The van der Waals surface area contributed by atoms with Gasteiger partial charge in [-0.05, 0) is 95.7 Å². The molecule has 3 aliphatic carbocycles. The Kier molecular flexibility index (Phi) is 7.33. The van der Waals surface area contributed by atoms with Crippen molar-refractivity contribution in [2.45, 2.75) is 10.8 Å². The molecular formula is C63H38N4. The summed E-state index contributed by atoms with van der Waals surface area (Å²) in [6, 6.07) is 84.7. The highest BCUT2D eigenvalue weighted by Gasteiger charge is 2.59. The molecule has 2 aromatic heterocycles. The Balaban J connectivity index is 1.10. The molecule has 0 radical (unpaired) electrons. The quantitative estimate of drug-likeness (QED) is 0.178. The summed E-state index contributed by atoms with van der Waals surface area (Å²) in [6.45, 7) is 0. The molecule has 310 valence electrons. The average molecular weight is 851 g/mol. The monoisotopic (exact) mass is 850 g/mol. The SMILES string of the molecule is c1ccc(-c2nc(-c3ccccc3)nc(-n3c4cc5c(cc4c4c6ccccc6ccc43)-c3ccccc3C53c4ccccc4C4(c5ccccc5-c5ccccc54)c4ccccc43)n2)cc1. The van der Waals surface area contributed by atoms with Crippen LogP contribution in [0.2, 0.25) is 0 Å². The molecule has 0 saturated heterocycles. The molecule has 0 N–H and O–H groups in total. The third kappa shape index (κ3) is 4.64. The standard InChI is InChI=1S/C63H38N4/c1-3-20-40(21-4-1)59-64-60(41-22-5-2-6-23-41)66-61(65-59)67-56-36-35-39-19-7-8-24-42(39)58(56)47-37-46-45-27-11-14-30-50(45)63(55(46)38-57(47)67)53-33-17-15-31-51(53)62(52-32-16-18-34-54(52)63)48-28-12-9-25-43(48)44-26-10-13-29-49(44)62/h1-38H. The van der Waals surface area contributed by atoms with Crippen molar-refractivity contribution in [1.29, 1.82) is 0 Å². The second kappa shape index (κ2) is 13.4. The minimum absolute atomic E-state index is 0.520. The Labute approximate surface area is 387 Å². The van der Waals surface area contributed by atoms with Gasteiger partial charge in [0.2, 0.25) is 5.95 Å². The highest BCUT2D eigenvalue weighted by atomic mass is 15.2. The van der Waals surface area contributed by atoms with Gasteiger partial charge in [-0.25, -0.2) is 4.98 Å². The van der Waals surface area contributed by atoms with Gasteiger partial charge in [0, 0.05) is 21.9 Å². The lowest BCUT2D eigenvalue weighted by molar-refractivity contribution is 0.633. The first-order valence-corrected chi connectivity index (χ1v) is 23.1. The molecule has 0 atom stereocenters. The van der Waals surface area contributed by atoms with Gasteiger partial charge in [-0.2, -0.15) is 9.97 Å². The predicted octanol–water partition coefficient (Wildman–Crippen LogP) is 14.5. The zero-order valence-corrected chi connectivity index (χ0v) is 36.2. The molecule has 4 nitrogen and oxygen atoms in total. The smallest absolute Gasteiger partial charge is 0.238 e. The molecule has 67 heavy (non-hydrogen) atoms. The van der Waals surface area contributed by atoms with E-state index in [4.69, 9.17) is 15.0 Å². The largest absolute Gasteiger partial charge is 0.278 e. The van der Waals surface area contributed by atoms with Crippen molar-refractivity contribution in [2.75, 3.05) is 0 Å². The lowest BCUT2D eigenvalue weighted by Gasteiger charge is -2.48. The van der Waals surface area contributed by atoms with Crippen molar-refractivity contribution in [2.24, 2.45) is 0 Å². The lowest BCUT2D eigenvalue weighted by atomic mass is 9.52. The van der Waals surface area contributed by atoms with Gasteiger partial charge < -0.3 is 0 Å². The number of benzene rings is 10. The molecule has 0 saturated carbocycles. The molecule has 15 rings (SSSR count). The molecule has 0 unspecified atom stereocenters. The lowest BCUT2D eigenvalue weighted by Crippen LogP contribution is -2.43. The van der Waals surface area contributed by atoms with Gasteiger partial charge in [0.25, 0.3) is 0 Å². The van der Waals surface area contributed by atoms with Crippen molar-refractivity contribution in [3.05, 3.63) is 275 Å². The van der Waals surface area contributed by atoms with Crippen LogP contribution in [0.3, 0.4) is 0 Å². The van der Waals surface area contributed by atoms with Gasteiger partial charge in [-0.3, -0.25) is 4.57 Å². The summed E-state index contributed by atoms with van der Waals surface area (Å²) in [5, 5.41) is 4.72. The molecule has 12 aromatic rings. The molecule has 0 bridgehead atoms. The number of hydrogen-bond acceptors (Lipinski definition) is 3. The Morgan fingerprint density at radius 3 is 1.27 bits per heavy atom. The van der Waals surface area contributed by atoms with E-state index in [2.05, 4.69) is 199 Å². The Morgan fingerprint density at radius 1 is 0.299 bits per heavy atom. The summed E-state index contributed by atoms with van der Waals surface area (Å²) in [5.74, 6) is 1.83. The van der Waals surface area contributed by atoms with Crippen LogP contribution in [0.4, 0.5) is 0 Å². The first-order valence-electron chi connectivity index (χ1n) is 23.1. The molecule has 0 amide bonds. The Morgan fingerprint density at radius 2 is 0.731 bits per heavy atom. The minimum atomic E-state index is -0.655. The first-order chi connectivity index (χ1) is 33.2. The number of hydrogen-bond donors (Lipinski definition) is 0. The van der Waals surface area contributed by atoms with E-state index in [1.807, 2.05) is 36.4 Å². The molecule has 10 aromatic carbocycles. The molecule has 2 heterocycles. The van der Waals surface area contributed by atoms with Crippen LogP contribution >= 0.6 is 0 Å². The van der Waals surface area contributed by atoms with Crippen molar-refractivity contribution in [3.63, 3.8) is 0 Å². The van der Waals surface area contributed by atoms with Gasteiger partial charge in [0.15, 0.2) is 11.6 Å². The molecule has 4 heteroatoms. The van der Waals surface area contributed by atoms with Crippen LogP contribution in [0.25, 0.3) is 83.6 Å². The summed E-state index contributed by atoms with van der Waals surface area (Å²) in [5.41, 5.74) is 18.3. The Hall–Kier alpha value is -8.73. The second-order valence-electron chi connectivity index (χ2n) is 18.2. The topological polar surface area (TPSA) is 43.6 Å². The molecular weight excluding hydrogens is 813 g/mol. The third-order valence-corrected chi connectivity index (χ3v) is 15.1. The zero-order valence-electron chi connectivity index (χ0n) is 36.2. The summed E-state index contributed by atoms with van der Waals surface area (Å²) in [6.07, 6.45) is 0. The van der Waals surface area contributed by atoms with E-state index in [-0.39, 0.29) is 0 Å². The second-order valence-corrected chi connectivity index (χ2v) is 18.2. The van der Waals surface area contributed by atoms with Gasteiger partial charge in [0.1, 0.15) is 0 Å². The number of fused-ring (bicyclic) bond motifs is 21. The fraction of sp³-hybridized carbons (Fsp3) is 0.0317. The van der Waals surface area contributed by atoms with Crippen LogP contribution in [-0.4, -0.2) is 19.5 Å². The van der Waals surface area contributed by atoms with Crippen LogP contribution in [0.1, 0.15) is 44.5 Å². The first kappa shape index (κ1) is 36.6. The maximum atomic E-state index is 5.39. The van der Waals surface area contributed by atoms with Gasteiger partial charge in [-0.1, -0.05) is 212 Å². The maximum Gasteiger partial charge on any atom is 0.238 e. The van der Waals surface area contributed by atoms with Crippen LogP contribution in [0.5, 0.6) is 0 Å². The fourth-order valence-corrected chi connectivity index (χ4v) is 12.6. The van der Waals surface area contributed by atoms with Crippen LogP contribution in [0, 0.1) is 0 Å². The van der Waals surface area contributed by atoms with Crippen LogP contribution in [-0.2, 0) is 10.8 Å². The fourth-order valence-electron chi connectivity index (χ4n) is 12.6. The predicted molar refractivity (Wildman–Crippen MR) is 271 cm³/mol. The molecule has 0 aliphatic heterocycles. The third-order valence-electron chi connectivity index (χ3n) is 15.1. The maximum absolute atomic E-state index is 5.39. The summed E-state index contributed by atoms with van der Waals surface area (Å²) >= 11 is 0. The van der Waals surface area contributed by atoms with E-state index in [1.54, 1.807) is 0 Å². The van der Waals surface area contributed by atoms with E-state index in [0.29, 0.717) is 17.6 Å². The van der Waals surface area contributed by atoms with Crippen molar-refractivity contribution in [1.82, 2.24) is 19.5 Å². The van der Waals surface area contributed by atoms with E-state index < -0.39 is 10.8 Å². The van der Waals surface area contributed by atoms with Crippen LogP contribution < -0.4 is 0 Å². The number of aromatic nitrogens is 4. The van der Waals surface area contributed by atoms with Gasteiger partial charge >= 0.3 is 0 Å². The highest BCUT2D eigenvalue weighted by molar-refractivity contribution is 6.22. The van der Waals surface area contributed by atoms with E-state index in [0.717, 1.165) is 27.5 Å². The number of rotatable bonds is 3. The van der Waals surface area contributed by atoms with E-state index in [9.17, 15) is 0 Å².